The highest BCUT2D eigenvalue weighted by atomic mass is 79.9. The maximum atomic E-state index is 13.4. The zero-order valence-electron chi connectivity index (χ0n) is 6.14. The lowest BCUT2D eigenvalue weighted by molar-refractivity contribution is 0.0824. The van der Waals surface area contributed by atoms with Crippen LogP contribution in [0.1, 0.15) is 21.7 Å². The van der Waals surface area contributed by atoms with Crippen molar-refractivity contribution in [1.29, 1.82) is 0 Å². The largest absolute Gasteiger partial charge is 0.289 e. The quantitative estimate of drug-likeness (QED) is 0.646. The van der Waals surface area contributed by atoms with Crippen molar-refractivity contribution in [3.8, 4) is 0 Å². The molecule has 0 saturated carbocycles. The summed E-state index contributed by atoms with van der Waals surface area (Å²) in [6, 6.07) is 1.69. The number of carbonyl (C=O) groups excluding carboxylic acids is 1. The summed E-state index contributed by atoms with van der Waals surface area (Å²) in [6.07, 6.45) is 0.903. The first-order valence-corrected chi connectivity index (χ1v) is 5.27. The third-order valence-corrected chi connectivity index (χ3v) is 3.73. The van der Waals surface area contributed by atoms with Crippen molar-refractivity contribution < 1.29 is 9.18 Å². The monoisotopic (exact) mass is 248 g/mol. The molecule has 0 aliphatic heterocycles. The maximum Gasteiger partial charge on any atom is 0.227 e. The fourth-order valence-corrected chi connectivity index (χ4v) is 2.61. The van der Waals surface area contributed by atoms with Gasteiger partial charge >= 0.3 is 0 Å². The van der Waals surface area contributed by atoms with Crippen LogP contribution in [0.5, 0.6) is 0 Å². The van der Waals surface area contributed by atoms with Gasteiger partial charge in [0.1, 0.15) is 0 Å². The molecule has 0 aromatic carbocycles. The first kappa shape index (κ1) is 8.38. The second-order valence-corrected chi connectivity index (χ2v) is 5.05. The Morgan fingerprint density at radius 2 is 2.42 bits per heavy atom. The van der Waals surface area contributed by atoms with Crippen molar-refractivity contribution in [3.63, 3.8) is 0 Å². The standard InChI is InChI=1S/C8H6BrFOS/c9-8(10)3-1-6-5(7(8)11)2-4-12-6/h2,4H,1,3H2. The molecule has 12 heavy (non-hydrogen) atoms. The highest BCUT2D eigenvalue weighted by molar-refractivity contribution is 9.10. The summed E-state index contributed by atoms with van der Waals surface area (Å²) in [4.78, 5) is 12.4. The number of hydrogen-bond acceptors (Lipinski definition) is 2. The van der Waals surface area contributed by atoms with Gasteiger partial charge in [-0.2, -0.15) is 0 Å². The summed E-state index contributed by atoms with van der Waals surface area (Å²) in [5.41, 5.74) is 0.547. The molecule has 1 aliphatic carbocycles. The van der Waals surface area contributed by atoms with Gasteiger partial charge in [-0.15, -0.1) is 11.3 Å². The van der Waals surface area contributed by atoms with Crippen LogP contribution in [-0.4, -0.2) is 10.4 Å². The summed E-state index contributed by atoms with van der Waals surface area (Å²) in [7, 11) is 0. The molecule has 0 spiro atoms. The van der Waals surface area contributed by atoms with Crippen molar-refractivity contribution >= 4 is 33.0 Å². The Balaban J connectivity index is 2.49. The van der Waals surface area contributed by atoms with Gasteiger partial charge in [-0.05, 0) is 33.8 Å². The van der Waals surface area contributed by atoms with E-state index in [-0.39, 0.29) is 6.42 Å². The number of rotatable bonds is 0. The van der Waals surface area contributed by atoms with Crippen LogP contribution in [0.2, 0.25) is 0 Å². The average Bonchev–Trinajstić information content (AvgIpc) is 2.45. The zero-order valence-corrected chi connectivity index (χ0v) is 8.54. The topological polar surface area (TPSA) is 17.1 Å². The number of halogens is 2. The van der Waals surface area contributed by atoms with Crippen LogP contribution in [0.3, 0.4) is 0 Å². The minimum absolute atomic E-state index is 0.249. The lowest BCUT2D eigenvalue weighted by Gasteiger charge is -2.21. The van der Waals surface area contributed by atoms with Crippen molar-refractivity contribution in [3.05, 3.63) is 21.9 Å². The van der Waals surface area contributed by atoms with Crippen LogP contribution < -0.4 is 0 Å². The van der Waals surface area contributed by atoms with Gasteiger partial charge in [0.25, 0.3) is 0 Å². The van der Waals surface area contributed by atoms with Crippen molar-refractivity contribution in [2.24, 2.45) is 0 Å². The third kappa shape index (κ3) is 1.13. The molecule has 1 unspecified atom stereocenters. The Morgan fingerprint density at radius 3 is 3.17 bits per heavy atom. The molecule has 0 amide bonds. The summed E-state index contributed by atoms with van der Waals surface area (Å²) >= 11 is 4.32. The SMILES string of the molecule is O=C1c2ccsc2CCC1(F)Br. The molecule has 1 nitrogen and oxygen atoms in total. The number of alkyl halides is 2. The third-order valence-electron chi connectivity index (χ3n) is 1.99. The number of Topliss-reactive ketones (excluding diaryl/α,β-unsaturated/α-hetero) is 1. The van der Waals surface area contributed by atoms with Crippen molar-refractivity contribution in [2.75, 3.05) is 0 Å². The molecule has 0 N–H and O–H groups in total. The minimum atomic E-state index is -1.82. The summed E-state index contributed by atoms with van der Waals surface area (Å²) in [5.74, 6) is -0.426. The van der Waals surface area contributed by atoms with E-state index in [0.29, 0.717) is 12.0 Å². The van der Waals surface area contributed by atoms with E-state index in [1.807, 2.05) is 5.38 Å². The average molecular weight is 249 g/mol. The number of fused-ring (bicyclic) bond motifs is 1. The molecule has 0 saturated heterocycles. The van der Waals surface area contributed by atoms with Gasteiger partial charge in [-0.1, -0.05) is 0 Å². The molecule has 1 aromatic heterocycles. The second-order valence-electron chi connectivity index (χ2n) is 2.79. The van der Waals surface area contributed by atoms with Crippen molar-refractivity contribution in [2.45, 2.75) is 17.4 Å². The molecular weight excluding hydrogens is 243 g/mol. The zero-order chi connectivity index (χ0) is 8.77. The molecule has 1 heterocycles. The van der Waals surface area contributed by atoms with E-state index in [9.17, 15) is 9.18 Å². The molecular formula is C8H6BrFOS. The van der Waals surface area contributed by atoms with Gasteiger partial charge in [0, 0.05) is 16.9 Å². The predicted molar refractivity (Wildman–Crippen MR) is 49.7 cm³/mol. The van der Waals surface area contributed by atoms with E-state index in [0.717, 1.165) is 4.88 Å². The van der Waals surface area contributed by atoms with Gasteiger partial charge in [-0.3, -0.25) is 4.79 Å². The van der Waals surface area contributed by atoms with Crippen LogP contribution in [0.15, 0.2) is 11.4 Å². The Kier molecular flexibility index (Phi) is 1.84. The Labute approximate surface area is 81.7 Å². The first-order valence-electron chi connectivity index (χ1n) is 3.60. The van der Waals surface area contributed by atoms with E-state index in [1.165, 1.54) is 11.3 Å². The number of ketones is 1. The molecule has 64 valence electrons. The molecule has 0 fully saturated rings. The molecule has 1 aromatic rings. The van der Waals surface area contributed by atoms with E-state index < -0.39 is 10.4 Å². The second kappa shape index (κ2) is 2.64. The van der Waals surface area contributed by atoms with Crippen LogP contribution in [0.4, 0.5) is 4.39 Å². The number of hydrogen-bond donors (Lipinski definition) is 0. The van der Waals surface area contributed by atoms with E-state index in [1.54, 1.807) is 6.07 Å². The van der Waals surface area contributed by atoms with Crippen LogP contribution >= 0.6 is 27.3 Å². The van der Waals surface area contributed by atoms with E-state index >= 15 is 0 Å². The minimum Gasteiger partial charge on any atom is -0.289 e. The summed E-state index contributed by atoms with van der Waals surface area (Å²) in [5, 5.41) is 1.83. The van der Waals surface area contributed by atoms with Crippen molar-refractivity contribution in [1.82, 2.24) is 0 Å². The fourth-order valence-electron chi connectivity index (χ4n) is 1.32. The van der Waals surface area contributed by atoms with Gasteiger partial charge in [0.2, 0.25) is 10.4 Å². The van der Waals surface area contributed by atoms with Crippen LogP contribution in [-0.2, 0) is 6.42 Å². The van der Waals surface area contributed by atoms with Gasteiger partial charge in [-0.25, -0.2) is 4.39 Å². The van der Waals surface area contributed by atoms with Gasteiger partial charge in [0.15, 0.2) is 0 Å². The fraction of sp³-hybridized carbons (Fsp3) is 0.375. The summed E-state index contributed by atoms with van der Waals surface area (Å²) < 4.78 is 11.6. The number of thiophene rings is 1. The molecule has 0 bridgehead atoms. The highest BCUT2D eigenvalue weighted by Crippen LogP contribution is 2.38. The van der Waals surface area contributed by atoms with E-state index in [4.69, 9.17) is 0 Å². The molecule has 2 rings (SSSR count). The van der Waals surface area contributed by atoms with Crippen LogP contribution in [0, 0.1) is 0 Å². The van der Waals surface area contributed by atoms with Crippen LogP contribution in [0.25, 0.3) is 0 Å². The maximum absolute atomic E-state index is 13.4. The smallest absolute Gasteiger partial charge is 0.227 e. The van der Waals surface area contributed by atoms with E-state index in [2.05, 4.69) is 15.9 Å². The lowest BCUT2D eigenvalue weighted by atomic mass is 9.96. The van der Waals surface area contributed by atoms with Gasteiger partial charge in [0.05, 0.1) is 0 Å². The normalized spacial score (nSPS) is 28.7. The molecule has 4 heteroatoms. The number of carbonyl (C=O) groups is 1. The Morgan fingerprint density at radius 1 is 1.67 bits per heavy atom. The Hall–Kier alpha value is -0.220. The molecule has 0 radical (unpaired) electrons. The Bertz CT molecular complexity index is 332. The predicted octanol–water partition coefficient (Wildman–Crippen LogP) is 2.94. The molecule has 1 aliphatic rings. The summed E-state index contributed by atoms with van der Waals surface area (Å²) in [6.45, 7) is 0. The highest BCUT2D eigenvalue weighted by Gasteiger charge is 2.40. The first-order chi connectivity index (χ1) is 5.61. The lowest BCUT2D eigenvalue weighted by Crippen LogP contribution is -2.31. The number of aryl methyl sites for hydroxylation is 1. The van der Waals surface area contributed by atoms with Gasteiger partial charge < -0.3 is 0 Å². The molecule has 1 atom stereocenters.